The maximum absolute atomic E-state index is 11.2. The molecule has 0 fully saturated rings. The van der Waals surface area contributed by atoms with Crippen LogP contribution in [0.2, 0.25) is 0 Å². The molecule has 6 nitrogen and oxygen atoms in total. The van der Waals surface area contributed by atoms with Gasteiger partial charge in [0.25, 0.3) is 0 Å². The lowest BCUT2D eigenvalue weighted by atomic mass is 10.2. The van der Waals surface area contributed by atoms with E-state index in [1.54, 1.807) is 22.7 Å². The topological polar surface area (TPSA) is 79.5 Å². The Hall–Kier alpha value is -2.41. The van der Waals surface area contributed by atoms with Gasteiger partial charge in [-0.3, -0.25) is 0 Å². The maximum Gasteiger partial charge on any atom is 0.336 e. The number of hydrogen-bond donors (Lipinski definition) is 2. The number of benzene rings is 1. The highest BCUT2D eigenvalue weighted by Crippen LogP contribution is 2.24. The summed E-state index contributed by atoms with van der Waals surface area (Å²) in [7, 11) is 0. The van der Waals surface area contributed by atoms with Crippen LogP contribution in [0, 0.1) is 6.92 Å². The van der Waals surface area contributed by atoms with Crippen LogP contribution >= 0.6 is 15.9 Å². The summed E-state index contributed by atoms with van der Waals surface area (Å²) >= 11 is 3.23. The number of fused-ring (bicyclic) bond motifs is 1. The summed E-state index contributed by atoms with van der Waals surface area (Å²) in [5, 5.41) is 16.5. The Morgan fingerprint density at radius 2 is 2.14 bits per heavy atom. The van der Waals surface area contributed by atoms with Gasteiger partial charge >= 0.3 is 5.97 Å². The molecular weight excluding hydrogens is 336 g/mol. The number of nitrogens with zero attached hydrogens (tertiary/aromatic N) is 3. The molecule has 0 bridgehead atoms. The van der Waals surface area contributed by atoms with Gasteiger partial charge in [0.1, 0.15) is 12.1 Å². The van der Waals surface area contributed by atoms with Crippen LogP contribution in [0.15, 0.2) is 41.1 Å². The van der Waals surface area contributed by atoms with Crippen LogP contribution in [0.5, 0.6) is 0 Å². The number of carboxylic acid groups (broad SMARTS) is 1. The van der Waals surface area contributed by atoms with Crippen LogP contribution in [0.3, 0.4) is 0 Å². The first-order valence-corrected chi connectivity index (χ1v) is 6.94. The van der Waals surface area contributed by atoms with E-state index in [1.165, 1.54) is 6.33 Å². The predicted octanol–water partition coefficient (Wildman–Crippen LogP) is 3.24. The van der Waals surface area contributed by atoms with Gasteiger partial charge in [-0.1, -0.05) is 0 Å². The standard InChI is InChI=1S/C14H11BrN4O2/c1-8-4-12-16-7-17-19(12)13(5-8)18-9-2-3-11(15)10(6-9)14(20)21/h2-7,18H,1H3,(H,20,21). The van der Waals surface area contributed by atoms with E-state index in [-0.39, 0.29) is 5.56 Å². The van der Waals surface area contributed by atoms with Crippen molar-refractivity contribution in [1.29, 1.82) is 0 Å². The van der Waals surface area contributed by atoms with E-state index < -0.39 is 5.97 Å². The Kier molecular flexibility index (Phi) is 3.34. The minimum absolute atomic E-state index is 0.197. The van der Waals surface area contributed by atoms with Gasteiger partial charge < -0.3 is 10.4 Å². The number of carbonyl (C=O) groups is 1. The summed E-state index contributed by atoms with van der Waals surface area (Å²) in [6, 6.07) is 8.89. The van der Waals surface area contributed by atoms with Crippen LogP contribution in [0.1, 0.15) is 15.9 Å². The molecule has 0 aliphatic heterocycles. The van der Waals surface area contributed by atoms with Crippen molar-refractivity contribution in [2.45, 2.75) is 6.92 Å². The fourth-order valence-corrected chi connectivity index (χ4v) is 2.48. The second kappa shape index (κ2) is 5.17. The highest BCUT2D eigenvalue weighted by Gasteiger charge is 2.10. The predicted molar refractivity (Wildman–Crippen MR) is 82.1 cm³/mol. The highest BCUT2D eigenvalue weighted by atomic mass is 79.9. The average Bonchev–Trinajstić information content (AvgIpc) is 2.88. The molecule has 0 saturated carbocycles. The van der Waals surface area contributed by atoms with E-state index in [2.05, 4.69) is 31.3 Å². The lowest BCUT2D eigenvalue weighted by Gasteiger charge is -2.10. The van der Waals surface area contributed by atoms with E-state index in [0.29, 0.717) is 10.2 Å². The van der Waals surface area contributed by atoms with Crippen LogP contribution in [0.25, 0.3) is 5.65 Å². The van der Waals surface area contributed by atoms with Crippen LogP contribution in [0.4, 0.5) is 11.5 Å². The third-order valence-corrected chi connectivity index (χ3v) is 3.68. The summed E-state index contributed by atoms with van der Waals surface area (Å²) in [6.45, 7) is 1.96. The number of aryl methyl sites for hydroxylation is 1. The molecule has 0 unspecified atom stereocenters. The van der Waals surface area contributed by atoms with Crippen molar-refractivity contribution < 1.29 is 9.90 Å². The smallest absolute Gasteiger partial charge is 0.336 e. The van der Waals surface area contributed by atoms with Crippen molar-refractivity contribution in [3.63, 3.8) is 0 Å². The molecule has 1 aromatic carbocycles. The first-order valence-electron chi connectivity index (χ1n) is 6.15. The Labute approximate surface area is 128 Å². The van der Waals surface area contributed by atoms with Crippen molar-refractivity contribution in [1.82, 2.24) is 14.6 Å². The summed E-state index contributed by atoms with van der Waals surface area (Å²) in [6.07, 6.45) is 1.48. The largest absolute Gasteiger partial charge is 0.478 e. The number of aromatic carboxylic acids is 1. The molecule has 3 rings (SSSR count). The first-order chi connectivity index (χ1) is 10.0. The molecule has 106 valence electrons. The third kappa shape index (κ3) is 2.59. The van der Waals surface area contributed by atoms with Gasteiger partial charge in [-0.25, -0.2) is 9.78 Å². The van der Waals surface area contributed by atoms with E-state index in [9.17, 15) is 4.79 Å². The minimum atomic E-state index is -0.985. The second-order valence-electron chi connectivity index (χ2n) is 4.57. The number of carboxylic acids is 1. The van der Waals surface area contributed by atoms with Crippen molar-refractivity contribution >= 4 is 39.1 Å². The molecule has 0 spiro atoms. The zero-order valence-corrected chi connectivity index (χ0v) is 12.6. The van der Waals surface area contributed by atoms with Crippen molar-refractivity contribution in [3.8, 4) is 0 Å². The highest BCUT2D eigenvalue weighted by molar-refractivity contribution is 9.10. The SMILES string of the molecule is Cc1cc(Nc2ccc(Br)c(C(=O)O)c2)n2ncnc2c1. The zero-order chi connectivity index (χ0) is 15.0. The number of rotatable bonds is 3. The number of hydrogen-bond acceptors (Lipinski definition) is 4. The molecule has 0 atom stereocenters. The monoisotopic (exact) mass is 346 g/mol. The lowest BCUT2D eigenvalue weighted by molar-refractivity contribution is 0.0696. The number of anilines is 2. The van der Waals surface area contributed by atoms with Crippen LogP contribution in [-0.4, -0.2) is 25.7 Å². The fourth-order valence-electron chi connectivity index (χ4n) is 2.06. The maximum atomic E-state index is 11.2. The average molecular weight is 347 g/mol. The molecule has 0 saturated heterocycles. The van der Waals surface area contributed by atoms with Crippen LogP contribution < -0.4 is 5.32 Å². The first kappa shape index (κ1) is 13.6. The van der Waals surface area contributed by atoms with Gasteiger partial charge in [-0.05, 0) is 58.7 Å². The van der Waals surface area contributed by atoms with Gasteiger partial charge in [0.05, 0.1) is 5.56 Å². The molecule has 2 heterocycles. The quantitative estimate of drug-likeness (QED) is 0.760. The van der Waals surface area contributed by atoms with Crippen molar-refractivity contribution in [2.75, 3.05) is 5.32 Å². The number of nitrogens with one attached hydrogen (secondary N) is 1. The van der Waals surface area contributed by atoms with Crippen molar-refractivity contribution in [2.24, 2.45) is 0 Å². The van der Waals surface area contributed by atoms with Crippen LogP contribution in [-0.2, 0) is 0 Å². The Balaban J connectivity index is 2.04. The summed E-state index contributed by atoms with van der Waals surface area (Å²) in [4.78, 5) is 15.3. The normalized spacial score (nSPS) is 10.8. The number of halogens is 1. The second-order valence-corrected chi connectivity index (χ2v) is 5.43. The van der Waals surface area contributed by atoms with E-state index in [4.69, 9.17) is 5.11 Å². The van der Waals surface area contributed by atoms with Gasteiger partial charge in [0.15, 0.2) is 5.65 Å². The van der Waals surface area contributed by atoms with Crippen molar-refractivity contribution in [3.05, 3.63) is 52.3 Å². The molecule has 0 aliphatic rings. The molecule has 3 aromatic rings. The molecule has 7 heteroatoms. The lowest BCUT2D eigenvalue weighted by Crippen LogP contribution is -2.03. The molecule has 0 amide bonds. The summed E-state index contributed by atoms with van der Waals surface area (Å²) in [5.74, 6) is -0.262. The van der Waals surface area contributed by atoms with E-state index in [0.717, 1.165) is 17.0 Å². The molecule has 0 aliphatic carbocycles. The van der Waals surface area contributed by atoms with Gasteiger partial charge in [-0.15, -0.1) is 0 Å². The Morgan fingerprint density at radius 3 is 2.90 bits per heavy atom. The molecule has 2 N–H and O–H groups in total. The van der Waals surface area contributed by atoms with E-state index >= 15 is 0 Å². The number of aromatic nitrogens is 3. The molecule has 0 radical (unpaired) electrons. The minimum Gasteiger partial charge on any atom is -0.478 e. The van der Waals surface area contributed by atoms with Gasteiger partial charge in [0.2, 0.25) is 0 Å². The molecule has 2 aromatic heterocycles. The molecular formula is C14H11BrN4O2. The summed E-state index contributed by atoms with van der Waals surface area (Å²) < 4.78 is 2.20. The van der Waals surface area contributed by atoms with Gasteiger partial charge in [-0.2, -0.15) is 9.61 Å². The zero-order valence-electron chi connectivity index (χ0n) is 11.0. The van der Waals surface area contributed by atoms with Gasteiger partial charge in [0, 0.05) is 10.2 Å². The number of pyridine rings is 1. The molecule has 21 heavy (non-hydrogen) atoms. The van der Waals surface area contributed by atoms with E-state index in [1.807, 2.05) is 19.1 Å². The fraction of sp³-hybridized carbons (Fsp3) is 0.0714. The Bertz CT molecular complexity index is 844. The summed E-state index contributed by atoms with van der Waals surface area (Å²) in [5.41, 5.74) is 2.63. The third-order valence-electron chi connectivity index (χ3n) is 2.99. The Morgan fingerprint density at radius 1 is 1.33 bits per heavy atom.